The summed E-state index contributed by atoms with van der Waals surface area (Å²) in [5, 5.41) is 17.8. The largest absolute Gasteiger partial charge is 0.411 e. The lowest BCUT2D eigenvalue weighted by molar-refractivity contribution is 0.305. The van der Waals surface area contributed by atoms with Gasteiger partial charge < -0.3 is 10.9 Å². The molecule has 0 aromatic carbocycles. The summed E-state index contributed by atoms with van der Waals surface area (Å²) in [5.41, 5.74) is 5.80. The second-order valence-corrected chi connectivity index (χ2v) is 1.68. The van der Waals surface area contributed by atoms with Crippen LogP contribution in [0.1, 0.15) is 12.6 Å². The predicted octanol–water partition coefficient (Wildman–Crippen LogP) is -0.150. The van der Waals surface area contributed by atoms with Gasteiger partial charge >= 0.3 is 0 Å². The van der Waals surface area contributed by atoms with E-state index in [4.69, 9.17) is 10.9 Å². The Morgan fingerprint density at radius 1 is 1.70 bits per heavy atom. The number of oxime groups is 1. The van der Waals surface area contributed by atoms with Gasteiger partial charge in [-0.25, -0.2) is 4.63 Å². The molecule has 1 aromatic rings. The van der Waals surface area contributed by atoms with Crippen LogP contribution in [0.4, 0.5) is 5.82 Å². The van der Waals surface area contributed by atoms with Gasteiger partial charge in [-0.15, -0.1) is 0 Å². The van der Waals surface area contributed by atoms with Gasteiger partial charge in [0.25, 0.3) is 0 Å². The zero-order valence-electron chi connectivity index (χ0n) is 5.27. The number of nitrogens with zero attached hydrogens (tertiary/aromatic N) is 3. The minimum atomic E-state index is 0.121. The van der Waals surface area contributed by atoms with E-state index in [1.165, 1.54) is 6.92 Å². The van der Waals surface area contributed by atoms with Gasteiger partial charge in [0.1, 0.15) is 5.71 Å². The van der Waals surface area contributed by atoms with E-state index in [1.54, 1.807) is 0 Å². The molecular weight excluding hydrogens is 136 g/mol. The molecule has 0 aliphatic rings. The van der Waals surface area contributed by atoms with Crippen molar-refractivity contribution in [2.45, 2.75) is 6.92 Å². The molecule has 0 bridgehead atoms. The normalized spacial score (nSPS) is 11.9. The SMILES string of the molecule is CC(=NO)c1nonc1N. The van der Waals surface area contributed by atoms with Crippen LogP contribution < -0.4 is 5.73 Å². The topological polar surface area (TPSA) is 97.5 Å². The van der Waals surface area contributed by atoms with E-state index in [0.717, 1.165) is 0 Å². The standard InChI is InChI=1S/C4H6N4O2/c1-2(6-9)3-4(5)8-10-7-3/h9H,1H3,(H2,5,8). The smallest absolute Gasteiger partial charge is 0.197 e. The maximum Gasteiger partial charge on any atom is 0.197 e. The first kappa shape index (κ1) is 6.53. The maximum absolute atomic E-state index is 8.25. The van der Waals surface area contributed by atoms with E-state index < -0.39 is 0 Å². The minimum absolute atomic E-state index is 0.121. The van der Waals surface area contributed by atoms with E-state index >= 15 is 0 Å². The Kier molecular flexibility index (Phi) is 1.53. The number of nitrogen functional groups attached to an aromatic ring is 1. The predicted molar refractivity (Wildman–Crippen MR) is 32.7 cm³/mol. The second kappa shape index (κ2) is 2.34. The number of nitrogens with two attached hydrogens (primary N) is 1. The van der Waals surface area contributed by atoms with Crippen LogP contribution in [0.5, 0.6) is 0 Å². The average Bonchev–Trinajstić information content (AvgIpc) is 2.34. The van der Waals surface area contributed by atoms with Gasteiger partial charge in [0.05, 0.1) is 0 Å². The van der Waals surface area contributed by atoms with Crippen LogP contribution in [-0.4, -0.2) is 21.2 Å². The molecule has 54 valence electrons. The molecule has 0 saturated heterocycles. The number of hydrogen-bond donors (Lipinski definition) is 2. The highest BCUT2D eigenvalue weighted by Crippen LogP contribution is 2.04. The van der Waals surface area contributed by atoms with Crippen molar-refractivity contribution >= 4 is 11.5 Å². The number of anilines is 1. The summed E-state index contributed by atoms with van der Waals surface area (Å²) < 4.78 is 4.25. The third-order valence-electron chi connectivity index (χ3n) is 1.01. The lowest BCUT2D eigenvalue weighted by Gasteiger charge is -1.87. The Bertz CT molecular complexity index is 254. The van der Waals surface area contributed by atoms with Crippen LogP contribution >= 0.6 is 0 Å². The summed E-state index contributed by atoms with van der Waals surface area (Å²) >= 11 is 0. The Balaban J connectivity index is 3.05. The van der Waals surface area contributed by atoms with Crippen molar-refractivity contribution in [3.63, 3.8) is 0 Å². The first-order chi connectivity index (χ1) is 4.75. The molecule has 6 heteroatoms. The number of rotatable bonds is 1. The average molecular weight is 142 g/mol. The van der Waals surface area contributed by atoms with E-state index in [0.29, 0.717) is 0 Å². The number of hydrogen-bond acceptors (Lipinski definition) is 6. The highest BCUT2D eigenvalue weighted by molar-refractivity contribution is 5.99. The molecule has 6 nitrogen and oxygen atoms in total. The molecule has 0 radical (unpaired) electrons. The van der Waals surface area contributed by atoms with Crippen molar-refractivity contribution < 1.29 is 9.84 Å². The summed E-state index contributed by atoms with van der Waals surface area (Å²) in [4.78, 5) is 0. The van der Waals surface area contributed by atoms with Crippen molar-refractivity contribution in [1.29, 1.82) is 0 Å². The van der Waals surface area contributed by atoms with Crippen LogP contribution in [0.3, 0.4) is 0 Å². The van der Waals surface area contributed by atoms with E-state index in [9.17, 15) is 0 Å². The molecule has 0 spiro atoms. The molecule has 3 N–H and O–H groups in total. The fourth-order valence-corrected chi connectivity index (χ4v) is 0.494. The molecule has 0 saturated carbocycles. The molecule has 10 heavy (non-hydrogen) atoms. The van der Waals surface area contributed by atoms with Gasteiger partial charge in [-0.05, 0) is 17.2 Å². The Morgan fingerprint density at radius 3 is 2.80 bits per heavy atom. The van der Waals surface area contributed by atoms with Gasteiger partial charge in [-0.1, -0.05) is 5.16 Å². The first-order valence-corrected chi connectivity index (χ1v) is 2.52. The third kappa shape index (κ3) is 0.903. The van der Waals surface area contributed by atoms with E-state index in [2.05, 4.69) is 20.1 Å². The summed E-state index contributed by atoms with van der Waals surface area (Å²) in [7, 11) is 0. The Morgan fingerprint density at radius 2 is 2.40 bits per heavy atom. The molecule has 0 amide bonds. The summed E-state index contributed by atoms with van der Waals surface area (Å²) in [5.74, 6) is 0.121. The summed E-state index contributed by atoms with van der Waals surface area (Å²) in [6.07, 6.45) is 0. The number of aromatic nitrogens is 2. The van der Waals surface area contributed by atoms with Crippen molar-refractivity contribution in [3.05, 3.63) is 5.69 Å². The molecule has 0 aliphatic carbocycles. The van der Waals surface area contributed by atoms with Crippen LogP contribution in [-0.2, 0) is 0 Å². The van der Waals surface area contributed by atoms with Gasteiger partial charge in [0.2, 0.25) is 0 Å². The molecular formula is C4H6N4O2. The molecule has 1 aromatic heterocycles. The van der Waals surface area contributed by atoms with Crippen LogP contribution in [0.15, 0.2) is 9.78 Å². The fraction of sp³-hybridized carbons (Fsp3) is 0.250. The molecule has 0 fully saturated rings. The highest BCUT2D eigenvalue weighted by Gasteiger charge is 2.08. The van der Waals surface area contributed by atoms with Crippen molar-refractivity contribution in [2.24, 2.45) is 5.16 Å². The van der Waals surface area contributed by atoms with Crippen LogP contribution in [0.25, 0.3) is 0 Å². The maximum atomic E-state index is 8.25. The van der Waals surface area contributed by atoms with Gasteiger partial charge in [-0.2, -0.15) is 0 Å². The first-order valence-electron chi connectivity index (χ1n) is 2.52. The zero-order chi connectivity index (χ0) is 7.56. The lowest BCUT2D eigenvalue weighted by atomic mass is 10.3. The lowest BCUT2D eigenvalue weighted by Crippen LogP contribution is -1.99. The monoisotopic (exact) mass is 142 g/mol. The summed E-state index contributed by atoms with van der Waals surface area (Å²) in [6, 6.07) is 0. The van der Waals surface area contributed by atoms with Gasteiger partial charge in [-0.3, -0.25) is 0 Å². The minimum Gasteiger partial charge on any atom is -0.411 e. The van der Waals surface area contributed by atoms with Crippen molar-refractivity contribution in [1.82, 2.24) is 10.3 Å². The zero-order valence-corrected chi connectivity index (χ0v) is 5.27. The summed E-state index contributed by atoms with van der Waals surface area (Å²) in [6.45, 7) is 1.54. The molecule has 0 aliphatic heterocycles. The Hall–Kier alpha value is -1.59. The fourth-order valence-electron chi connectivity index (χ4n) is 0.494. The van der Waals surface area contributed by atoms with Gasteiger partial charge in [0.15, 0.2) is 11.5 Å². The van der Waals surface area contributed by atoms with E-state index in [-0.39, 0.29) is 17.2 Å². The van der Waals surface area contributed by atoms with Crippen LogP contribution in [0, 0.1) is 0 Å². The molecule has 0 unspecified atom stereocenters. The van der Waals surface area contributed by atoms with Gasteiger partial charge in [0, 0.05) is 0 Å². The molecule has 1 heterocycles. The molecule has 0 atom stereocenters. The van der Waals surface area contributed by atoms with Crippen molar-refractivity contribution in [2.75, 3.05) is 5.73 Å². The van der Waals surface area contributed by atoms with E-state index in [1.807, 2.05) is 0 Å². The quantitative estimate of drug-likeness (QED) is 0.323. The third-order valence-corrected chi connectivity index (χ3v) is 1.01. The molecule has 1 rings (SSSR count). The van der Waals surface area contributed by atoms with Crippen LogP contribution in [0.2, 0.25) is 0 Å². The Labute approximate surface area is 56.3 Å². The second-order valence-electron chi connectivity index (χ2n) is 1.68. The van der Waals surface area contributed by atoms with Crippen molar-refractivity contribution in [3.8, 4) is 0 Å². The highest BCUT2D eigenvalue weighted by atomic mass is 16.6.